The zero-order valence-corrected chi connectivity index (χ0v) is 15.6. The molecule has 1 N–H and O–H groups in total. The van der Waals surface area contributed by atoms with Crippen molar-refractivity contribution < 1.29 is 17.9 Å². The Morgan fingerprint density at radius 3 is 2.24 bits per heavy atom. The normalized spacial score (nSPS) is 12.8. The Bertz CT molecular complexity index is 842. The highest BCUT2D eigenvalue weighted by Crippen LogP contribution is 2.26. The topological polar surface area (TPSA) is 72.5 Å². The quantitative estimate of drug-likeness (QED) is 0.765. The van der Waals surface area contributed by atoms with Crippen LogP contribution in [0.5, 0.6) is 5.75 Å². The molecule has 5 nitrogen and oxygen atoms in total. The molecule has 2 aromatic carbocycles. The van der Waals surface area contributed by atoms with Gasteiger partial charge in [0, 0.05) is 11.6 Å². The van der Waals surface area contributed by atoms with Crippen molar-refractivity contribution in [2.45, 2.75) is 31.7 Å². The van der Waals surface area contributed by atoms with Crippen LogP contribution in [0, 0.1) is 5.92 Å². The van der Waals surface area contributed by atoms with Gasteiger partial charge in [0.15, 0.2) is 5.78 Å². The molecular weight excluding hydrogens is 338 g/mol. The van der Waals surface area contributed by atoms with Crippen molar-refractivity contribution in [2.75, 3.05) is 7.11 Å². The van der Waals surface area contributed by atoms with Crippen molar-refractivity contribution in [1.29, 1.82) is 0 Å². The monoisotopic (exact) mass is 361 g/mol. The van der Waals surface area contributed by atoms with Gasteiger partial charge in [-0.2, -0.15) is 0 Å². The summed E-state index contributed by atoms with van der Waals surface area (Å²) in [5.41, 5.74) is 1.22. The minimum atomic E-state index is -3.76. The van der Waals surface area contributed by atoms with Crippen molar-refractivity contribution >= 4 is 15.8 Å². The van der Waals surface area contributed by atoms with E-state index in [1.165, 1.54) is 19.1 Å². The molecule has 0 spiro atoms. The van der Waals surface area contributed by atoms with Gasteiger partial charge < -0.3 is 4.74 Å². The van der Waals surface area contributed by atoms with E-state index >= 15 is 0 Å². The van der Waals surface area contributed by atoms with Crippen molar-refractivity contribution in [1.82, 2.24) is 4.72 Å². The summed E-state index contributed by atoms with van der Waals surface area (Å²) in [7, 11) is -2.17. The van der Waals surface area contributed by atoms with Crippen LogP contribution >= 0.6 is 0 Å². The number of hydrogen-bond donors (Lipinski definition) is 1. The number of hydrogen-bond acceptors (Lipinski definition) is 4. The van der Waals surface area contributed by atoms with Gasteiger partial charge in [-0.1, -0.05) is 38.1 Å². The molecule has 0 saturated heterocycles. The second kappa shape index (κ2) is 7.80. The smallest absolute Gasteiger partial charge is 0.241 e. The number of ether oxygens (including phenoxy) is 1. The van der Waals surface area contributed by atoms with Crippen molar-refractivity contribution in [3.63, 3.8) is 0 Å². The molecule has 6 heteroatoms. The lowest BCUT2D eigenvalue weighted by Gasteiger charge is -2.23. The number of methoxy groups -OCH3 is 1. The van der Waals surface area contributed by atoms with Gasteiger partial charge in [-0.3, -0.25) is 4.79 Å². The van der Waals surface area contributed by atoms with E-state index in [0.717, 1.165) is 5.56 Å². The molecular formula is C19H23NO4S. The number of ketones is 1. The molecule has 0 radical (unpaired) electrons. The minimum absolute atomic E-state index is 0.0409. The Balaban J connectivity index is 2.34. The maximum absolute atomic E-state index is 12.8. The number of carbonyl (C=O) groups is 1. The summed E-state index contributed by atoms with van der Waals surface area (Å²) in [6.07, 6.45) is 0. The first-order valence-corrected chi connectivity index (χ1v) is 9.50. The first-order chi connectivity index (χ1) is 11.7. The number of sulfonamides is 1. The summed E-state index contributed by atoms with van der Waals surface area (Å²) >= 11 is 0. The Hall–Kier alpha value is -2.18. The van der Waals surface area contributed by atoms with Gasteiger partial charge >= 0.3 is 0 Å². The second-order valence-electron chi connectivity index (χ2n) is 6.20. The Kier molecular flexibility index (Phi) is 5.98. The average molecular weight is 361 g/mol. The molecule has 0 unspecified atom stereocenters. The number of Topliss-reactive ketones (excluding diaryl/α,β-unsaturated/α-hetero) is 1. The molecule has 25 heavy (non-hydrogen) atoms. The van der Waals surface area contributed by atoms with Gasteiger partial charge in [0.2, 0.25) is 10.0 Å². The van der Waals surface area contributed by atoms with Crippen LogP contribution < -0.4 is 9.46 Å². The fourth-order valence-corrected chi connectivity index (χ4v) is 3.94. The third-order valence-corrected chi connectivity index (χ3v) is 5.41. The Labute approximate surface area is 149 Å². The Morgan fingerprint density at radius 1 is 1.08 bits per heavy atom. The zero-order valence-electron chi connectivity index (χ0n) is 14.8. The zero-order chi connectivity index (χ0) is 18.6. The van der Waals surface area contributed by atoms with E-state index in [2.05, 4.69) is 4.72 Å². The summed E-state index contributed by atoms with van der Waals surface area (Å²) in [5, 5.41) is 0. The highest BCUT2D eigenvalue weighted by Gasteiger charge is 2.24. The molecule has 0 heterocycles. The maximum Gasteiger partial charge on any atom is 0.241 e. The van der Waals surface area contributed by atoms with Crippen molar-refractivity contribution in [3.8, 4) is 5.75 Å². The van der Waals surface area contributed by atoms with Crippen LogP contribution in [0.2, 0.25) is 0 Å². The van der Waals surface area contributed by atoms with E-state index in [9.17, 15) is 13.2 Å². The van der Waals surface area contributed by atoms with Gasteiger partial charge in [0.1, 0.15) is 5.75 Å². The lowest BCUT2D eigenvalue weighted by molar-refractivity contribution is 0.101. The molecule has 134 valence electrons. The molecule has 0 aliphatic heterocycles. The first kappa shape index (κ1) is 19.1. The predicted octanol–water partition coefficient (Wildman–Crippen LogP) is 3.57. The molecule has 0 saturated carbocycles. The molecule has 0 amide bonds. The summed E-state index contributed by atoms with van der Waals surface area (Å²) in [6.45, 7) is 5.31. The number of carbonyl (C=O) groups excluding carboxylic acids is 1. The fraction of sp³-hybridized carbons (Fsp3) is 0.316. The Morgan fingerprint density at radius 2 is 1.72 bits per heavy atom. The maximum atomic E-state index is 12.8. The van der Waals surface area contributed by atoms with Crippen molar-refractivity contribution in [3.05, 3.63) is 59.7 Å². The van der Waals surface area contributed by atoms with Crippen LogP contribution in [-0.4, -0.2) is 21.3 Å². The molecule has 0 aliphatic rings. The van der Waals surface area contributed by atoms with E-state index < -0.39 is 16.1 Å². The molecule has 2 rings (SSSR count). The first-order valence-electron chi connectivity index (χ1n) is 8.02. The van der Waals surface area contributed by atoms with Crippen LogP contribution in [0.1, 0.15) is 42.7 Å². The van der Waals surface area contributed by atoms with E-state index in [0.29, 0.717) is 11.3 Å². The van der Waals surface area contributed by atoms with E-state index in [1.807, 2.05) is 26.0 Å². The molecule has 0 aliphatic carbocycles. The summed E-state index contributed by atoms with van der Waals surface area (Å²) < 4.78 is 33.4. The van der Waals surface area contributed by atoms with Gasteiger partial charge in [-0.25, -0.2) is 13.1 Å². The van der Waals surface area contributed by atoms with Gasteiger partial charge in [0.05, 0.1) is 12.0 Å². The average Bonchev–Trinajstić information content (AvgIpc) is 2.59. The van der Waals surface area contributed by atoms with E-state index in [-0.39, 0.29) is 16.6 Å². The summed E-state index contributed by atoms with van der Waals surface area (Å²) in [4.78, 5) is 11.6. The van der Waals surface area contributed by atoms with E-state index in [1.54, 1.807) is 31.4 Å². The van der Waals surface area contributed by atoms with Crippen LogP contribution in [0.15, 0.2) is 53.4 Å². The lowest BCUT2D eigenvalue weighted by Crippen LogP contribution is -2.32. The largest absolute Gasteiger partial charge is 0.497 e. The molecule has 0 bridgehead atoms. The predicted molar refractivity (Wildman–Crippen MR) is 97.3 cm³/mol. The SMILES string of the molecule is COc1ccc([C@@H](NS(=O)(=O)c2cccc(C(C)=O)c2)C(C)C)cc1. The number of rotatable bonds is 7. The van der Waals surface area contributed by atoms with Crippen LogP contribution in [0.3, 0.4) is 0 Å². The van der Waals surface area contributed by atoms with Gasteiger partial charge in [-0.15, -0.1) is 0 Å². The molecule has 1 atom stereocenters. The molecule has 0 aromatic heterocycles. The fourth-order valence-electron chi connectivity index (χ4n) is 2.52. The highest BCUT2D eigenvalue weighted by atomic mass is 32.2. The second-order valence-corrected chi connectivity index (χ2v) is 7.91. The molecule has 2 aromatic rings. The highest BCUT2D eigenvalue weighted by molar-refractivity contribution is 7.89. The van der Waals surface area contributed by atoms with Crippen LogP contribution in [0.4, 0.5) is 0 Å². The number of nitrogens with one attached hydrogen (secondary N) is 1. The minimum Gasteiger partial charge on any atom is -0.497 e. The van der Waals surface area contributed by atoms with E-state index in [4.69, 9.17) is 4.74 Å². The van der Waals surface area contributed by atoms with Crippen molar-refractivity contribution in [2.24, 2.45) is 5.92 Å². The lowest BCUT2D eigenvalue weighted by atomic mass is 9.97. The summed E-state index contributed by atoms with van der Waals surface area (Å²) in [5.74, 6) is 0.579. The number of benzene rings is 2. The van der Waals surface area contributed by atoms with Crippen LogP contribution in [-0.2, 0) is 10.0 Å². The molecule has 0 fully saturated rings. The summed E-state index contributed by atoms with van der Waals surface area (Å²) in [6, 6.07) is 13.0. The standard InChI is InChI=1S/C19H23NO4S/c1-13(2)19(15-8-10-17(24-4)11-9-15)20-25(22,23)18-7-5-6-16(12-18)14(3)21/h5-13,19-20H,1-4H3/t19-/m0/s1. The van der Waals surface area contributed by atoms with Gasteiger partial charge in [0.25, 0.3) is 0 Å². The van der Waals surface area contributed by atoms with Crippen LogP contribution in [0.25, 0.3) is 0 Å². The van der Waals surface area contributed by atoms with Gasteiger partial charge in [-0.05, 0) is 42.7 Å². The third kappa shape index (κ3) is 4.67. The third-order valence-electron chi connectivity index (χ3n) is 3.97.